The predicted molar refractivity (Wildman–Crippen MR) is 113 cm³/mol. The van der Waals surface area contributed by atoms with Gasteiger partial charge in [-0.2, -0.15) is 11.8 Å². The van der Waals surface area contributed by atoms with Gasteiger partial charge in [0.25, 0.3) is 0 Å². The van der Waals surface area contributed by atoms with E-state index in [9.17, 15) is 14.3 Å². The Kier molecular flexibility index (Phi) is 10.0. The number of amides is 1. The van der Waals surface area contributed by atoms with Crippen LogP contribution in [-0.2, 0) is 17.6 Å². The van der Waals surface area contributed by atoms with Gasteiger partial charge in [0.15, 0.2) is 0 Å². The molecule has 4 nitrogen and oxygen atoms in total. The Morgan fingerprint density at radius 2 is 2.18 bits per heavy atom. The first kappa shape index (κ1) is 22.9. The maximum Gasteiger partial charge on any atom is 0.223 e. The van der Waals surface area contributed by atoms with Crippen LogP contribution in [0.4, 0.5) is 4.39 Å². The van der Waals surface area contributed by atoms with Crippen molar-refractivity contribution in [3.8, 4) is 0 Å². The molecule has 2 atom stereocenters. The Balaban J connectivity index is 1.82. The number of halogens is 1. The van der Waals surface area contributed by atoms with Crippen molar-refractivity contribution in [3.05, 3.63) is 47.3 Å². The third-order valence-electron chi connectivity index (χ3n) is 5.04. The van der Waals surface area contributed by atoms with Crippen molar-refractivity contribution in [2.45, 2.75) is 57.6 Å². The molecule has 0 spiro atoms. The average molecular weight is 410 g/mol. The van der Waals surface area contributed by atoms with Crippen LogP contribution in [0.3, 0.4) is 0 Å². The fraction of sp³-hybridized carbons (Fsp3) is 0.591. The van der Waals surface area contributed by atoms with Crippen LogP contribution in [0.25, 0.3) is 0 Å². The molecule has 0 aliphatic carbocycles. The van der Waals surface area contributed by atoms with E-state index >= 15 is 0 Å². The molecule has 28 heavy (non-hydrogen) atoms. The molecule has 1 heterocycles. The molecule has 0 saturated carbocycles. The highest BCUT2D eigenvalue weighted by atomic mass is 32.2. The van der Waals surface area contributed by atoms with E-state index < -0.39 is 6.10 Å². The first-order valence-electron chi connectivity index (χ1n) is 10.2. The lowest BCUT2D eigenvalue weighted by Crippen LogP contribution is -2.34. The van der Waals surface area contributed by atoms with E-state index in [1.807, 2.05) is 24.0 Å². The Morgan fingerprint density at radius 1 is 1.36 bits per heavy atom. The third-order valence-corrected chi connectivity index (χ3v) is 6.09. The highest BCUT2D eigenvalue weighted by molar-refractivity contribution is 7.99. The lowest BCUT2D eigenvalue weighted by molar-refractivity contribution is -0.128. The van der Waals surface area contributed by atoms with Crippen LogP contribution in [0.1, 0.15) is 43.7 Å². The number of likely N-dealkylation sites (tertiary alicyclic amines) is 1. The quantitative estimate of drug-likeness (QED) is 0.411. The maximum absolute atomic E-state index is 13.6. The highest BCUT2D eigenvalue weighted by Gasteiger charge is 2.28. The van der Waals surface area contributed by atoms with Crippen molar-refractivity contribution >= 4 is 17.7 Å². The number of hydrogen-bond acceptors (Lipinski definition) is 4. The van der Waals surface area contributed by atoms with Crippen molar-refractivity contribution in [3.63, 3.8) is 0 Å². The van der Waals surface area contributed by atoms with Gasteiger partial charge >= 0.3 is 0 Å². The van der Waals surface area contributed by atoms with Gasteiger partial charge in [-0.3, -0.25) is 4.79 Å². The molecule has 0 bridgehead atoms. The van der Waals surface area contributed by atoms with Gasteiger partial charge in [-0.1, -0.05) is 31.2 Å². The van der Waals surface area contributed by atoms with Crippen LogP contribution in [0.15, 0.2) is 30.4 Å². The molecule has 2 rings (SSSR count). The summed E-state index contributed by atoms with van der Waals surface area (Å²) in [5.41, 5.74) is 1.58. The molecule has 1 saturated heterocycles. The van der Waals surface area contributed by atoms with Crippen molar-refractivity contribution in [2.24, 2.45) is 0 Å². The number of aryl methyl sites for hydroxylation is 1. The molecule has 0 radical (unpaired) electrons. The SMILES string of the molecule is CCc1cc(C[C@H](O)/C=C/[C@H]2CCC(=O)N2CCSCCCCO)ccc1F. The molecule has 1 aliphatic rings. The molecule has 1 amide bonds. The van der Waals surface area contributed by atoms with Crippen LogP contribution < -0.4 is 0 Å². The molecule has 156 valence electrons. The summed E-state index contributed by atoms with van der Waals surface area (Å²) in [5, 5.41) is 19.1. The number of aliphatic hydroxyl groups is 2. The van der Waals surface area contributed by atoms with Crippen LogP contribution in [0, 0.1) is 5.82 Å². The number of carbonyl (C=O) groups is 1. The number of hydrogen-bond donors (Lipinski definition) is 2. The number of rotatable bonds is 12. The first-order valence-corrected chi connectivity index (χ1v) is 11.3. The van der Waals surface area contributed by atoms with E-state index in [1.54, 1.807) is 23.9 Å². The van der Waals surface area contributed by atoms with Crippen LogP contribution in [0.5, 0.6) is 0 Å². The van der Waals surface area contributed by atoms with E-state index in [0.717, 1.165) is 36.3 Å². The number of carbonyl (C=O) groups excluding carboxylic acids is 1. The molecular formula is C22H32FNO3S. The second-order valence-electron chi connectivity index (χ2n) is 7.17. The van der Waals surface area contributed by atoms with Crippen LogP contribution in [-0.4, -0.2) is 57.8 Å². The summed E-state index contributed by atoms with van der Waals surface area (Å²) in [6.07, 6.45) is 7.27. The Hall–Kier alpha value is -1.37. The largest absolute Gasteiger partial charge is 0.396 e. The normalized spacial score (nSPS) is 18.4. The highest BCUT2D eigenvalue weighted by Crippen LogP contribution is 2.21. The average Bonchev–Trinajstić information content (AvgIpc) is 3.04. The lowest BCUT2D eigenvalue weighted by atomic mass is 10.0. The zero-order valence-electron chi connectivity index (χ0n) is 16.6. The number of nitrogens with zero attached hydrogens (tertiary/aromatic N) is 1. The summed E-state index contributed by atoms with van der Waals surface area (Å²) in [4.78, 5) is 14.0. The Labute approximate surface area is 171 Å². The van der Waals surface area contributed by atoms with Crippen molar-refractivity contribution in [1.29, 1.82) is 0 Å². The molecule has 6 heteroatoms. The molecule has 1 aliphatic heterocycles. The smallest absolute Gasteiger partial charge is 0.223 e. The monoisotopic (exact) mass is 409 g/mol. The summed E-state index contributed by atoms with van der Waals surface area (Å²) in [6, 6.07) is 5.02. The van der Waals surface area contributed by atoms with Gasteiger partial charge in [0.1, 0.15) is 5.82 Å². The minimum Gasteiger partial charge on any atom is -0.396 e. The minimum absolute atomic E-state index is 0.0413. The fourth-order valence-corrected chi connectivity index (χ4v) is 4.36. The topological polar surface area (TPSA) is 60.8 Å². The van der Waals surface area contributed by atoms with Crippen LogP contribution >= 0.6 is 11.8 Å². The Morgan fingerprint density at radius 3 is 2.93 bits per heavy atom. The van der Waals surface area contributed by atoms with Gasteiger partial charge in [0, 0.05) is 31.7 Å². The summed E-state index contributed by atoms with van der Waals surface area (Å²) in [5.74, 6) is 1.86. The first-order chi connectivity index (χ1) is 13.5. The van der Waals surface area contributed by atoms with Crippen LogP contribution in [0.2, 0.25) is 0 Å². The van der Waals surface area contributed by atoms with E-state index in [-0.39, 0.29) is 24.4 Å². The molecule has 1 fully saturated rings. The second-order valence-corrected chi connectivity index (χ2v) is 8.40. The van der Waals surface area contributed by atoms with Gasteiger partial charge in [-0.05, 0) is 48.6 Å². The van der Waals surface area contributed by atoms with Gasteiger partial charge < -0.3 is 15.1 Å². The lowest BCUT2D eigenvalue weighted by Gasteiger charge is -2.22. The number of aliphatic hydroxyl groups excluding tert-OH is 2. The van der Waals surface area contributed by atoms with Crippen molar-refractivity contribution in [1.82, 2.24) is 4.90 Å². The summed E-state index contributed by atoms with van der Waals surface area (Å²) in [6.45, 7) is 2.86. The number of thioether (sulfide) groups is 1. The minimum atomic E-state index is -0.652. The Bertz CT molecular complexity index is 653. The van der Waals surface area contributed by atoms with Crippen molar-refractivity contribution in [2.75, 3.05) is 24.7 Å². The third kappa shape index (κ3) is 7.22. The fourth-order valence-electron chi connectivity index (χ4n) is 3.42. The van der Waals surface area contributed by atoms with E-state index in [4.69, 9.17) is 5.11 Å². The number of benzene rings is 1. The molecule has 2 N–H and O–H groups in total. The van der Waals surface area contributed by atoms with Gasteiger partial charge in [-0.15, -0.1) is 0 Å². The van der Waals surface area contributed by atoms with Gasteiger partial charge in [0.2, 0.25) is 5.91 Å². The summed E-state index contributed by atoms with van der Waals surface area (Å²) < 4.78 is 13.6. The number of unbranched alkanes of at least 4 members (excludes halogenated alkanes) is 1. The van der Waals surface area contributed by atoms with E-state index in [1.165, 1.54) is 6.07 Å². The zero-order valence-corrected chi connectivity index (χ0v) is 17.5. The maximum atomic E-state index is 13.6. The standard InChI is InChI=1S/C22H32FNO3S/c1-2-18-15-17(5-9-21(18)23)16-20(26)8-6-19-7-10-22(27)24(19)11-14-28-13-4-3-12-25/h5-6,8-9,15,19-20,25-26H,2-4,7,10-14,16H2,1H3/b8-6+/t19-,20+/m0/s1. The van der Waals surface area contributed by atoms with Gasteiger partial charge in [-0.25, -0.2) is 4.39 Å². The molecule has 0 unspecified atom stereocenters. The van der Waals surface area contributed by atoms with Crippen molar-refractivity contribution < 1.29 is 19.4 Å². The molecule has 0 aromatic heterocycles. The molecular weight excluding hydrogens is 377 g/mol. The van der Waals surface area contributed by atoms with E-state index in [0.29, 0.717) is 31.4 Å². The zero-order chi connectivity index (χ0) is 20.4. The molecule has 1 aromatic rings. The predicted octanol–water partition coefficient (Wildman–Crippen LogP) is 3.34. The second kappa shape index (κ2) is 12.2. The summed E-state index contributed by atoms with van der Waals surface area (Å²) >= 11 is 1.81. The van der Waals surface area contributed by atoms with Gasteiger partial charge in [0.05, 0.1) is 12.1 Å². The summed E-state index contributed by atoms with van der Waals surface area (Å²) in [7, 11) is 0. The van der Waals surface area contributed by atoms with E-state index in [2.05, 4.69) is 0 Å². The molecule has 1 aromatic carbocycles.